The first-order chi connectivity index (χ1) is 11.8. The molecule has 0 N–H and O–H groups in total. The first-order valence-corrected chi connectivity index (χ1v) is 9.92. The third-order valence-electron chi connectivity index (χ3n) is 4.70. The third kappa shape index (κ3) is 11.3. The van der Waals surface area contributed by atoms with Gasteiger partial charge in [0.25, 0.3) is 0 Å². The van der Waals surface area contributed by atoms with Crippen LogP contribution in [-0.4, -0.2) is 18.0 Å². The number of terminal acetylenes is 1. The minimum Gasteiger partial charge on any atom is -0.370 e. The number of hydrogen-bond acceptors (Lipinski definition) is 2. The van der Waals surface area contributed by atoms with Crippen molar-refractivity contribution < 1.29 is 9.53 Å². The van der Waals surface area contributed by atoms with E-state index in [1.54, 1.807) is 0 Å². The highest BCUT2D eigenvalue weighted by atomic mass is 16.6. The molecule has 2 unspecified atom stereocenters. The fourth-order valence-electron chi connectivity index (χ4n) is 3.14. The van der Waals surface area contributed by atoms with Crippen LogP contribution in [0.4, 0.5) is 0 Å². The number of ketones is 1. The molecule has 0 saturated carbocycles. The molecule has 1 aliphatic rings. The van der Waals surface area contributed by atoms with Gasteiger partial charge in [0.05, 0.1) is 12.2 Å². The smallest absolute Gasteiger partial charge is 0.206 e. The fourth-order valence-corrected chi connectivity index (χ4v) is 3.14. The zero-order valence-electron chi connectivity index (χ0n) is 15.4. The van der Waals surface area contributed by atoms with E-state index < -0.39 is 0 Å². The van der Waals surface area contributed by atoms with Crippen molar-refractivity contribution >= 4 is 5.78 Å². The van der Waals surface area contributed by atoms with E-state index in [9.17, 15) is 4.79 Å². The molecule has 0 aromatic heterocycles. The molecule has 0 aliphatic carbocycles. The summed E-state index contributed by atoms with van der Waals surface area (Å²) < 4.78 is 5.77. The number of ether oxygens (including phenoxy) is 1. The van der Waals surface area contributed by atoms with Gasteiger partial charge in [0.2, 0.25) is 5.78 Å². The first-order valence-electron chi connectivity index (χ1n) is 9.92. The molecule has 1 fully saturated rings. The van der Waals surface area contributed by atoms with Crippen LogP contribution in [0.2, 0.25) is 0 Å². The predicted octanol–water partition coefficient (Wildman–Crippen LogP) is 5.44. The van der Waals surface area contributed by atoms with E-state index in [1.807, 2.05) is 0 Å². The maximum Gasteiger partial charge on any atom is 0.206 e. The monoisotopic (exact) mass is 330 g/mol. The third-order valence-corrected chi connectivity index (χ3v) is 4.70. The van der Waals surface area contributed by atoms with Gasteiger partial charge in [-0.2, -0.15) is 0 Å². The second-order valence-electron chi connectivity index (χ2n) is 6.89. The molecule has 0 aromatic rings. The molecule has 1 aliphatic heterocycles. The Morgan fingerprint density at radius 3 is 2.00 bits per heavy atom. The molecule has 24 heavy (non-hydrogen) atoms. The van der Waals surface area contributed by atoms with Crippen LogP contribution in [0.1, 0.15) is 96.8 Å². The lowest BCUT2D eigenvalue weighted by Crippen LogP contribution is -1.95. The molecular weight excluding hydrogens is 296 g/mol. The molecule has 0 spiro atoms. The van der Waals surface area contributed by atoms with Gasteiger partial charge in [-0.3, -0.25) is 4.79 Å². The van der Waals surface area contributed by atoms with Crippen molar-refractivity contribution in [3.8, 4) is 24.2 Å². The number of epoxide rings is 1. The largest absolute Gasteiger partial charge is 0.370 e. The van der Waals surface area contributed by atoms with Crippen LogP contribution in [-0.2, 0) is 9.53 Å². The van der Waals surface area contributed by atoms with Gasteiger partial charge in [0.1, 0.15) is 0 Å². The van der Waals surface area contributed by atoms with Crippen LogP contribution in [0, 0.1) is 24.2 Å². The highest BCUT2D eigenvalue weighted by molar-refractivity contribution is 5.95. The Hall–Kier alpha value is -1.25. The highest BCUT2D eigenvalue weighted by Crippen LogP contribution is 2.31. The number of carbonyl (C=O) groups is 1. The number of carbonyl (C=O) groups excluding carboxylic acids is 1. The van der Waals surface area contributed by atoms with Gasteiger partial charge in [-0.1, -0.05) is 71.1 Å². The lowest BCUT2D eigenvalue weighted by atomic mass is 10.0. The van der Waals surface area contributed by atoms with Gasteiger partial charge in [0.15, 0.2) is 0 Å². The Morgan fingerprint density at radius 1 is 0.875 bits per heavy atom. The van der Waals surface area contributed by atoms with Crippen LogP contribution in [0.5, 0.6) is 0 Å². The zero-order valence-corrected chi connectivity index (χ0v) is 15.4. The molecule has 2 atom stereocenters. The summed E-state index contributed by atoms with van der Waals surface area (Å²) in [6.45, 7) is 2.26. The van der Waals surface area contributed by atoms with E-state index >= 15 is 0 Å². The second kappa shape index (κ2) is 14.1. The quantitative estimate of drug-likeness (QED) is 0.173. The summed E-state index contributed by atoms with van der Waals surface area (Å²) in [4.78, 5) is 11.3. The van der Waals surface area contributed by atoms with Gasteiger partial charge in [-0.05, 0) is 37.0 Å². The molecule has 1 saturated heterocycles. The van der Waals surface area contributed by atoms with Gasteiger partial charge in [-0.15, -0.1) is 6.42 Å². The van der Waals surface area contributed by atoms with Gasteiger partial charge in [-0.25, -0.2) is 0 Å². The molecule has 2 heteroatoms. The molecule has 0 bridgehead atoms. The number of rotatable bonds is 15. The first kappa shape index (κ1) is 20.8. The van der Waals surface area contributed by atoms with Crippen molar-refractivity contribution in [2.45, 2.75) is 109 Å². The summed E-state index contributed by atoms with van der Waals surface area (Å²) in [5, 5.41) is 0. The van der Waals surface area contributed by atoms with Gasteiger partial charge < -0.3 is 4.74 Å². The predicted molar refractivity (Wildman–Crippen MR) is 101 cm³/mol. The normalized spacial score (nSPS) is 18.5. The maximum atomic E-state index is 11.3. The molecule has 0 amide bonds. The van der Waals surface area contributed by atoms with E-state index in [0.717, 1.165) is 12.8 Å². The van der Waals surface area contributed by atoms with E-state index in [2.05, 4.69) is 24.7 Å². The zero-order chi connectivity index (χ0) is 17.5. The molecule has 1 heterocycles. The van der Waals surface area contributed by atoms with Crippen molar-refractivity contribution in [1.29, 1.82) is 0 Å². The lowest BCUT2D eigenvalue weighted by molar-refractivity contribution is -0.113. The molecule has 0 aromatic carbocycles. The minimum absolute atomic E-state index is 0.0307. The van der Waals surface area contributed by atoms with Crippen LogP contribution in [0.25, 0.3) is 0 Å². The Morgan fingerprint density at radius 2 is 1.42 bits per heavy atom. The van der Waals surface area contributed by atoms with Gasteiger partial charge in [0, 0.05) is 6.42 Å². The highest BCUT2D eigenvalue weighted by Gasteiger charge is 2.36. The van der Waals surface area contributed by atoms with E-state index in [4.69, 9.17) is 11.2 Å². The standard InChI is InChI=1S/C22H34O2/c1-3-5-7-8-11-14-18-21-22(24-21)19-15-12-9-10-13-17-20(23)16-6-4-2/h2,21-22H,3,5,7-15,17-19H2,1H3. The van der Waals surface area contributed by atoms with Crippen molar-refractivity contribution in [2.24, 2.45) is 0 Å². The van der Waals surface area contributed by atoms with Crippen LogP contribution in [0.3, 0.4) is 0 Å². The Bertz CT molecular complexity index is 435. The summed E-state index contributed by atoms with van der Waals surface area (Å²) in [5.74, 6) is 6.96. The second-order valence-corrected chi connectivity index (χ2v) is 6.89. The molecule has 1 rings (SSSR count). The van der Waals surface area contributed by atoms with Crippen LogP contribution < -0.4 is 0 Å². The molecule has 2 nitrogen and oxygen atoms in total. The summed E-state index contributed by atoms with van der Waals surface area (Å²) >= 11 is 0. The van der Waals surface area contributed by atoms with Gasteiger partial charge >= 0.3 is 0 Å². The van der Waals surface area contributed by atoms with E-state index in [1.165, 1.54) is 70.6 Å². The van der Waals surface area contributed by atoms with Crippen LogP contribution in [0.15, 0.2) is 0 Å². The average Bonchev–Trinajstić information content (AvgIpc) is 3.33. The summed E-state index contributed by atoms with van der Waals surface area (Å²) in [6.07, 6.45) is 23.0. The molecular formula is C22H34O2. The summed E-state index contributed by atoms with van der Waals surface area (Å²) in [6, 6.07) is 0. The van der Waals surface area contributed by atoms with Crippen molar-refractivity contribution in [3.63, 3.8) is 0 Å². The Balaban J connectivity index is 1.81. The van der Waals surface area contributed by atoms with Crippen molar-refractivity contribution in [1.82, 2.24) is 0 Å². The summed E-state index contributed by atoms with van der Waals surface area (Å²) in [5.41, 5.74) is 0. The van der Waals surface area contributed by atoms with E-state index in [-0.39, 0.29) is 5.78 Å². The van der Waals surface area contributed by atoms with Crippen LogP contribution >= 0.6 is 0 Å². The minimum atomic E-state index is -0.0307. The Labute approximate surface area is 149 Å². The summed E-state index contributed by atoms with van der Waals surface area (Å²) in [7, 11) is 0. The number of hydrogen-bond donors (Lipinski definition) is 0. The number of unbranched alkanes of at least 4 members (excludes halogenated alkanes) is 9. The maximum absolute atomic E-state index is 11.3. The van der Waals surface area contributed by atoms with Crippen molar-refractivity contribution in [2.75, 3.05) is 0 Å². The average molecular weight is 331 g/mol. The van der Waals surface area contributed by atoms with E-state index in [0.29, 0.717) is 18.6 Å². The number of Topliss-reactive ketones (excluding diaryl/α,β-unsaturated/α-hetero) is 1. The lowest BCUT2D eigenvalue weighted by Gasteiger charge is -2.00. The molecule has 0 radical (unpaired) electrons. The SMILES string of the molecule is C#CC#CC(=O)CCCCCCCC1OC1CCCCCCCC. The fraction of sp³-hybridized carbons (Fsp3) is 0.773. The Kier molecular flexibility index (Phi) is 12.2. The molecule has 134 valence electrons. The van der Waals surface area contributed by atoms with Crippen molar-refractivity contribution in [3.05, 3.63) is 0 Å². The topological polar surface area (TPSA) is 29.6 Å².